The number of benzene rings is 1. The van der Waals surface area contributed by atoms with Crippen molar-refractivity contribution < 1.29 is 9.53 Å². The molecule has 4 nitrogen and oxygen atoms in total. The summed E-state index contributed by atoms with van der Waals surface area (Å²) in [7, 11) is 0. The molecule has 2 atom stereocenters. The number of ether oxygens (including phenoxy) is 1. The van der Waals surface area contributed by atoms with Gasteiger partial charge in [-0.2, -0.15) is 5.26 Å². The van der Waals surface area contributed by atoms with Crippen LogP contribution in [0.5, 0.6) is 0 Å². The van der Waals surface area contributed by atoms with Gasteiger partial charge in [-0.15, -0.1) is 0 Å². The average Bonchev–Trinajstić information content (AvgIpc) is 3.27. The van der Waals surface area contributed by atoms with Gasteiger partial charge in [-0.3, -0.25) is 10.1 Å². The number of hydrogen-bond donors (Lipinski definition) is 1. The van der Waals surface area contributed by atoms with Gasteiger partial charge in [0.15, 0.2) is 0 Å². The zero-order chi connectivity index (χ0) is 14.6. The minimum absolute atomic E-state index is 0.0211. The lowest BCUT2D eigenvalue weighted by atomic mass is 9.95. The van der Waals surface area contributed by atoms with E-state index in [-0.39, 0.29) is 12.0 Å². The number of carbonyl (C=O) groups is 1. The van der Waals surface area contributed by atoms with Crippen molar-refractivity contribution in [3.63, 3.8) is 0 Å². The molecule has 2 rings (SSSR count). The van der Waals surface area contributed by atoms with Crippen LogP contribution in [-0.2, 0) is 9.53 Å². The van der Waals surface area contributed by atoms with Gasteiger partial charge < -0.3 is 4.74 Å². The van der Waals surface area contributed by atoms with E-state index in [0.29, 0.717) is 6.61 Å². The summed E-state index contributed by atoms with van der Waals surface area (Å²) in [5.74, 6) is -0.251. The molecule has 1 aliphatic carbocycles. The summed E-state index contributed by atoms with van der Waals surface area (Å²) in [6.07, 6.45) is 1.44. The molecule has 0 spiro atoms. The smallest absolute Gasteiger partial charge is 0.314 e. The Morgan fingerprint density at radius 1 is 1.45 bits per heavy atom. The van der Waals surface area contributed by atoms with Crippen molar-refractivity contribution in [1.82, 2.24) is 5.32 Å². The Balaban J connectivity index is 2.07. The number of esters is 1. The predicted octanol–water partition coefficient (Wildman–Crippen LogP) is 2.57. The summed E-state index contributed by atoms with van der Waals surface area (Å²) < 4.78 is 5.11. The lowest BCUT2D eigenvalue weighted by Crippen LogP contribution is -2.42. The van der Waals surface area contributed by atoms with Gasteiger partial charge in [0.2, 0.25) is 0 Å². The molecule has 1 saturated carbocycles. The molecule has 0 heterocycles. The maximum atomic E-state index is 12.0. The van der Waals surface area contributed by atoms with E-state index in [2.05, 4.69) is 11.4 Å². The van der Waals surface area contributed by atoms with E-state index in [1.165, 1.54) is 0 Å². The lowest BCUT2D eigenvalue weighted by molar-refractivity contribution is -0.150. The molecule has 1 aromatic rings. The Kier molecular flexibility index (Phi) is 4.41. The summed E-state index contributed by atoms with van der Waals surface area (Å²) >= 11 is 0. The first-order chi connectivity index (χ1) is 9.64. The van der Waals surface area contributed by atoms with Gasteiger partial charge in [-0.05, 0) is 32.3 Å². The standard InChI is InChI=1S/C16H20N2O2/c1-3-20-15(19)16(9-10-16)14(11-17)18-12(2)13-7-5-4-6-8-13/h4-8,12,14,18H,3,9-10H2,1-2H3/t12-,14+/m0/s1. The number of rotatable bonds is 6. The highest BCUT2D eigenvalue weighted by Crippen LogP contribution is 2.50. The van der Waals surface area contributed by atoms with Crippen LogP contribution in [0.4, 0.5) is 0 Å². The van der Waals surface area contributed by atoms with Crippen molar-refractivity contribution in [2.24, 2.45) is 5.41 Å². The van der Waals surface area contributed by atoms with E-state index in [9.17, 15) is 10.1 Å². The summed E-state index contributed by atoms with van der Waals surface area (Å²) in [6.45, 7) is 4.14. The summed E-state index contributed by atoms with van der Waals surface area (Å²) in [5, 5.41) is 12.7. The van der Waals surface area contributed by atoms with Crippen molar-refractivity contribution in [3.8, 4) is 6.07 Å². The molecule has 4 heteroatoms. The van der Waals surface area contributed by atoms with Crippen LogP contribution < -0.4 is 5.32 Å². The van der Waals surface area contributed by atoms with Crippen molar-refractivity contribution >= 4 is 5.97 Å². The van der Waals surface area contributed by atoms with E-state index >= 15 is 0 Å². The highest BCUT2D eigenvalue weighted by atomic mass is 16.5. The molecule has 0 aromatic heterocycles. The van der Waals surface area contributed by atoms with E-state index in [4.69, 9.17) is 4.74 Å². The molecule has 1 N–H and O–H groups in total. The Bertz CT molecular complexity index is 503. The maximum Gasteiger partial charge on any atom is 0.314 e. The molecule has 106 valence electrons. The predicted molar refractivity (Wildman–Crippen MR) is 75.7 cm³/mol. The number of nitriles is 1. The second-order valence-corrected chi connectivity index (χ2v) is 5.24. The molecular weight excluding hydrogens is 252 g/mol. The van der Waals surface area contributed by atoms with Crippen LogP contribution in [-0.4, -0.2) is 18.6 Å². The van der Waals surface area contributed by atoms with Crippen LogP contribution in [0.1, 0.15) is 38.3 Å². The second-order valence-electron chi connectivity index (χ2n) is 5.24. The van der Waals surface area contributed by atoms with E-state index in [0.717, 1.165) is 18.4 Å². The fourth-order valence-electron chi connectivity index (χ4n) is 2.43. The summed E-state index contributed by atoms with van der Waals surface area (Å²) in [6, 6.07) is 11.7. The zero-order valence-electron chi connectivity index (χ0n) is 11.9. The highest BCUT2D eigenvalue weighted by Gasteiger charge is 2.57. The third kappa shape index (κ3) is 2.83. The summed E-state index contributed by atoms with van der Waals surface area (Å²) in [5.41, 5.74) is 0.459. The van der Waals surface area contributed by atoms with E-state index in [1.807, 2.05) is 37.3 Å². The lowest BCUT2D eigenvalue weighted by Gasteiger charge is -2.24. The van der Waals surface area contributed by atoms with Crippen LogP contribution in [0.3, 0.4) is 0 Å². The first kappa shape index (κ1) is 14.5. The Morgan fingerprint density at radius 3 is 2.60 bits per heavy atom. The number of nitrogens with zero attached hydrogens (tertiary/aromatic N) is 1. The van der Waals surface area contributed by atoms with Crippen LogP contribution in [0, 0.1) is 16.7 Å². The maximum absolute atomic E-state index is 12.0. The Hall–Kier alpha value is -1.86. The Labute approximate surface area is 119 Å². The molecule has 1 fully saturated rings. The van der Waals surface area contributed by atoms with Gasteiger partial charge >= 0.3 is 5.97 Å². The number of nitrogens with one attached hydrogen (secondary N) is 1. The molecule has 1 aromatic carbocycles. The molecule has 1 aliphatic rings. The molecule has 0 aliphatic heterocycles. The average molecular weight is 272 g/mol. The van der Waals surface area contributed by atoms with Gasteiger partial charge in [0, 0.05) is 6.04 Å². The molecular formula is C16H20N2O2. The fourth-order valence-corrected chi connectivity index (χ4v) is 2.43. The molecule has 20 heavy (non-hydrogen) atoms. The third-order valence-electron chi connectivity index (χ3n) is 3.87. The largest absolute Gasteiger partial charge is 0.465 e. The minimum Gasteiger partial charge on any atom is -0.465 e. The molecule has 0 radical (unpaired) electrons. The zero-order valence-corrected chi connectivity index (χ0v) is 11.9. The normalized spacial score (nSPS) is 18.6. The minimum atomic E-state index is -0.645. The highest BCUT2D eigenvalue weighted by molar-refractivity contribution is 5.81. The van der Waals surface area contributed by atoms with Gasteiger partial charge in [0.1, 0.15) is 6.04 Å². The molecule has 0 amide bonds. The van der Waals surface area contributed by atoms with Crippen molar-refractivity contribution in [2.75, 3.05) is 6.61 Å². The first-order valence-corrected chi connectivity index (χ1v) is 7.02. The Morgan fingerprint density at radius 2 is 2.10 bits per heavy atom. The summed E-state index contributed by atoms with van der Waals surface area (Å²) in [4.78, 5) is 12.0. The van der Waals surface area contributed by atoms with E-state index in [1.54, 1.807) is 6.92 Å². The quantitative estimate of drug-likeness (QED) is 0.808. The third-order valence-corrected chi connectivity index (χ3v) is 3.87. The fraction of sp³-hybridized carbons (Fsp3) is 0.500. The number of hydrogen-bond acceptors (Lipinski definition) is 4. The van der Waals surface area contributed by atoms with Crippen LogP contribution in [0.2, 0.25) is 0 Å². The SMILES string of the molecule is CCOC(=O)C1([C@@H](C#N)N[C@@H](C)c2ccccc2)CC1. The van der Waals surface area contributed by atoms with Crippen molar-refractivity contribution in [1.29, 1.82) is 5.26 Å². The van der Waals surface area contributed by atoms with E-state index < -0.39 is 11.5 Å². The van der Waals surface area contributed by atoms with Crippen molar-refractivity contribution in [2.45, 2.75) is 38.8 Å². The molecule has 0 unspecified atom stereocenters. The second kappa shape index (κ2) is 6.06. The van der Waals surface area contributed by atoms with Gasteiger partial charge in [-0.25, -0.2) is 0 Å². The topological polar surface area (TPSA) is 62.1 Å². The monoisotopic (exact) mass is 272 g/mol. The first-order valence-electron chi connectivity index (χ1n) is 7.02. The van der Waals surface area contributed by atoms with Crippen LogP contribution in [0.25, 0.3) is 0 Å². The van der Waals surface area contributed by atoms with Gasteiger partial charge in [-0.1, -0.05) is 30.3 Å². The molecule has 0 saturated heterocycles. The van der Waals surface area contributed by atoms with Gasteiger partial charge in [0.05, 0.1) is 18.1 Å². The number of carbonyl (C=O) groups excluding carboxylic acids is 1. The van der Waals surface area contributed by atoms with Crippen molar-refractivity contribution in [3.05, 3.63) is 35.9 Å². The van der Waals surface area contributed by atoms with Crippen LogP contribution in [0.15, 0.2) is 30.3 Å². The van der Waals surface area contributed by atoms with Crippen LogP contribution >= 0.6 is 0 Å². The molecule has 0 bridgehead atoms. The van der Waals surface area contributed by atoms with Gasteiger partial charge in [0.25, 0.3) is 0 Å².